The van der Waals surface area contributed by atoms with Crippen molar-refractivity contribution in [1.29, 1.82) is 0 Å². The van der Waals surface area contributed by atoms with Crippen molar-refractivity contribution < 1.29 is 44.8 Å². The molecule has 6 N–H and O–H groups in total. The van der Waals surface area contributed by atoms with Gasteiger partial charge in [0, 0.05) is 5.92 Å². The molecule has 2 heterocycles. The van der Waals surface area contributed by atoms with Crippen LogP contribution < -0.4 is 0 Å². The first-order valence-corrected chi connectivity index (χ1v) is 7.27. The van der Waals surface area contributed by atoms with Gasteiger partial charge in [0.15, 0.2) is 6.29 Å². The van der Waals surface area contributed by atoms with Crippen molar-refractivity contribution in [3.63, 3.8) is 0 Å². The van der Waals surface area contributed by atoms with Gasteiger partial charge in [0.1, 0.15) is 36.6 Å². The molecular weight excluding hydrogens is 300 g/mol. The third kappa shape index (κ3) is 3.42. The molecule has 0 amide bonds. The predicted molar refractivity (Wildman–Crippen MR) is 70.6 cm³/mol. The van der Waals surface area contributed by atoms with Gasteiger partial charge in [-0.2, -0.15) is 0 Å². The summed E-state index contributed by atoms with van der Waals surface area (Å²) >= 11 is 0. The Morgan fingerprint density at radius 2 is 1.59 bits per heavy atom. The van der Waals surface area contributed by atoms with Gasteiger partial charge in [-0.1, -0.05) is 6.92 Å². The summed E-state index contributed by atoms with van der Waals surface area (Å²) in [7, 11) is 0. The van der Waals surface area contributed by atoms with Crippen LogP contribution in [0.25, 0.3) is 0 Å². The molecule has 2 fully saturated rings. The molecule has 0 saturated carbocycles. The van der Waals surface area contributed by atoms with Crippen molar-refractivity contribution >= 4 is 0 Å². The van der Waals surface area contributed by atoms with E-state index < -0.39 is 68.1 Å². The maximum Gasteiger partial charge on any atom is 0.184 e. The highest BCUT2D eigenvalue weighted by Gasteiger charge is 2.47. The van der Waals surface area contributed by atoms with Crippen LogP contribution in [-0.4, -0.2) is 99.5 Å². The lowest BCUT2D eigenvalue weighted by Crippen LogP contribution is -2.61. The van der Waals surface area contributed by atoms with E-state index in [4.69, 9.17) is 19.3 Å². The topological polar surface area (TPSA) is 149 Å². The fourth-order valence-corrected chi connectivity index (χ4v) is 2.73. The number of aliphatic hydroxyl groups excluding tert-OH is 6. The lowest BCUT2D eigenvalue weighted by Gasteiger charge is -2.44. The maximum atomic E-state index is 10.1. The molecule has 0 aromatic heterocycles. The summed E-state index contributed by atoms with van der Waals surface area (Å²) in [5, 5.41) is 58.2. The van der Waals surface area contributed by atoms with Crippen molar-refractivity contribution in [3.05, 3.63) is 0 Å². The predicted octanol–water partition coefficient (Wildman–Crippen LogP) is -3.44. The lowest BCUT2D eigenvalue weighted by atomic mass is 9.90. The van der Waals surface area contributed by atoms with E-state index >= 15 is 0 Å². The zero-order valence-corrected chi connectivity index (χ0v) is 12.2. The molecule has 130 valence electrons. The molecule has 2 saturated heterocycles. The molecule has 9 atom stereocenters. The largest absolute Gasteiger partial charge is 0.394 e. The Kier molecular flexibility index (Phi) is 6.11. The summed E-state index contributed by atoms with van der Waals surface area (Å²) < 4.78 is 15.8. The van der Waals surface area contributed by atoms with Crippen LogP contribution in [0.15, 0.2) is 0 Å². The summed E-state index contributed by atoms with van der Waals surface area (Å²) in [6.45, 7) is 0.522. The summed E-state index contributed by atoms with van der Waals surface area (Å²) in [5.74, 6) is -0.626. The smallest absolute Gasteiger partial charge is 0.184 e. The molecule has 0 radical (unpaired) electrons. The summed E-state index contributed by atoms with van der Waals surface area (Å²) in [6.07, 6.45) is -8.95. The van der Waals surface area contributed by atoms with Gasteiger partial charge in [0.05, 0.1) is 25.9 Å². The Labute approximate surface area is 127 Å². The Balaban J connectivity index is 2.07. The molecule has 0 aliphatic carbocycles. The van der Waals surface area contributed by atoms with Crippen LogP contribution in [0, 0.1) is 5.92 Å². The van der Waals surface area contributed by atoms with Gasteiger partial charge in [-0.15, -0.1) is 0 Å². The summed E-state index contributed by atoms with van der Waals surface area (Å²) in [4.78, 5) is 0. The van der Waals surface area contributed by atoms with Crippen molar-refractivity contribution in [3.8, 4) is 0 Å². The van der Waals surface area contributed by atoms with E-state index in [2.05, 4.69) is 0 Å². The molecular formula is C13H24O9. The monoisotopic (exact) mass is 324 g/mol. The molecule has 0 spiro atoms. The normalized spacial score (nSPS) is 50.0. The van der Waals surface area contributed by atoms with Gasteiger partial charge in [-0.05, 0) is 0 Å². The second kappa shape index (κ2) is 7.47. The Hall–Kier alpha value is -0.360. The zero-order chi connectivity index (χ0) is 16.4. The van der Waals surface area contributed by atoms with E-state index in [9.17, 15) is 25.5 Å². The van der Waals surface area contributed by atoms with E-state index in [-0.39, 0.29) is 6.61 Å². The van der Waals surface area contributed by atoms with Crippen molar-refractivity contribution in [2.75, 3.05) is 19.8 Å². The lowest BCUT2D eigenvalue weighted by molar-refractivity contribution is -0.327. The first-order valence-electron chi connectivity index (χ1n) is 7.27. The Bertz CT molecular complexity index is 352. The van der Waals surface area contributed by atoms with Gasteiger partial charge >= 0.3 is 0 Å². The highest BCUT2D eigenvalue weighted by atomic mass is 16.7. The highest BCUT2D eigenvalue weighted by Crippen LogP contribution is 2.29. The van der Waals surface area contributed by atoms with Crippen LogP contribution in [0.4, 0.5) is 0 Å². The van der Waals surface area contributed by atoms with Crippen LogP contribution >= 0.6 is 0 Å². The number of hydrogen-bond donors (Lipinski definition) is 6. The average molecular weight is 324 g/mol. The van der Waals surface area contributed by atoms with Crippen LogP contribution in [0.5, 0.6) is 0 Å². The van der Waals surface area contributed by atoms with E-state index in [1.165, 1.54) is 0 Å². The van der Waals surface area contributed by atoms with E-state index in [1.807, 2.05) is 0 Å². The SMILES string of the molecule is C[C@@H]1[C@@H](O)[C@H](O[C@H]2[C@H](O)[C@@H](CO)OC[C@@H]2O)O[C@H](CO)[C@H]1O. The minimum absolute atomic E-state index is 0.141. The standard InChI is InChI=1S/C13H24O9/c1-5-9(17)8(3-15)21-13(10(5)18)22-12-6(16)4-20-7(2-14)11(12)19/h5-19H,2-4H2,1H3/t5-,6-,7+,8+,9-,10+,11+,12+,13-/m0/s1. The van der Waals surface area contributed by atoms with Gasteiger partial charge in [0.25, 0.3) is 0 Å². The van der Waals surface area contributed by atoms with Crippen molar-refractivity contribution in [1.82, 2.24) is 0 Å². The van der Waals surface area contributed by atoms with E-state index in [0.29, 0.717) is 0 Å². The zero-order valence-electron chi connectivity index (χ0n) is 12.2. The van der Waals surface area contributed by atoms with Gasteiger partial charge in [-0.3, -0.25) is 0 Å². The fraction of sp³-hybridized carbons (Fsp3) is 1.00. The second-order valence-electron chi connectivity index (χ2n) is 5.78. The summed E-state index contributed by atoms with van der Waals surface area (Å²) in [5.41, 5.74) is 0. The van der Waals surface area contributed by atoms with Crippen LogP contribution in [0.3, 0.4) is 0 Å². The van der Waals surface area contributed by atoms with Crippen LogP contribution in [-0.2, 0) is 14.2 Å². The van der Waals surface area contributed by atoms with Gasteiger partial charge < -0.3 is 44.8 Å². The molecule has 9 nitrogen and oxygen atoms in total. The first kappa shape index (κ1) is 18.0. The number of aliphatic hydroxyl groups is 6. The average Bonchev–Trinajstić information content (AvgIpc) is 2.51. The summed E-state index contributed by atoms with van der Waals surface area (Å²) in [6, 6.07) is 0. The molecule has 9 heteroatoms. The van der Waals surface area contributed by atoms with Gasteiger partial charge in [0.2, 0.25) is 0 Å². The van der Waals surface area contributed by atoms with Crippen LogP contribution in [0.2, 0.25) is 0 Å². The third-order valence-corrected chi connectivity index (χ3v) is 4.28. The maximum absolute atomic E-state index is 10.1. The minimum Gasteiger partial charge on any atom is -0.394 e. The molecule has 22 heavy (non-hydrogen) atoms. The number of rotatable bonds is 4. The Morgan fingerprint density at radius 3 is 2.18 bits per heavy atom. The quantitative estimate of drug-likeness (QED) is 0.310. The molecule has 0 aromatic rings. The molecule has 2 aliphatic heterocycles. The van der Waals surface area contributed by atoms with E-state index in [0.717, 1.165) is 0 Å². The van der Waals surface area contributed by atoms with E-state index in [1.54, 1.807) is 6.92 Å². The van der Waals surface area contributed by atoms with Crippen molar-refractivity contribution in [2.45, 2.75) is 55.9 Å². The van der Waals surface area contributed by atoms with Crippen LogP contribution in [0.1, 0.15) is 6.92 Å². The first-order chi connectivity index (χ1) is 10.4. The molecule has 0 aromatic carbocycles. The third-order valence-electron chi connectivity index (χ3n) is 4.28. The van der Waals surface area contributed by atoms with Gasteiger partial charge in [-0.25, -0.2) is 0 Å². The number of hydrogen-bond acceptors (Lipinski definition) is 9. The molecule has 0 unspecified atom stereocenters. The second-order valence-corrected chi connectivity index (χ2v) is 5.78. The number of ether oxygens (including phenoxy) is 3. The Morgan fingerprint density at radius 1 is 0.955 bits per heavy atom. The molecule has 0 bridgehead atoms. The van der Waals surface area contributed by atoms with Crippen molar-refractivity contribution in [2.24, 2.45) is 5.92 Å². The molecule has 2 aliphatic rings. The highest BCUT2D eigenvalue weighted by molar-refractivity contribution is 4.91. The fourth-order valence-electron chi connectivity index (χ4n) is 2.73. The minimum atomic E-state index is -1.31. The molecule has 2 rings (SSSR count).